The Morgan fingerprint density at radius 3 is 2.50 bits per heavy atom. The number of hydrogen-bond acceptors (Lipinski definition) is 4. The molecule has 0 saturated heterocycles. The number of anilines is 1. The average Bonchev–Trinajstić information content (AvgIpc) is 2.51. The van der Waals surface area contributed by atoms with Crippen molar-refractivity contribution >= 4 is 23.4 Å². The van der Waals surface area contributed by atoms with Gasteiger partial charge in [0.25, 0.3) is 0 Å². The van der Waals surface area contributed by atoms with Crippen LogP contribution in [-0.2, 0) is 9.53 Å². The van der Waals surface area contributed by atoms with Crippen molar-refractivity contribution in [2.24, 2.45) is 11.0 Å². The highest BCUT2D eigenvalue weighted by molar-refractivity contribution is 6.01. The molecule has 0 heterocycles. The summed E-state index contributed by atoms with van der Waals surface area (Å²) in [5.41, 5.74) is 3.60. The van der Waals surface area contributed by atoms with Crippen LogP contribution in [0, 0.1) is 5.92 Å². The number of benzene rings is 1. The summed E-state index contributed by atoms with van der Waals surface area (Å²) in [5.74, 6) is -0.738. The van der Waals surface area contributed by atoms with Crippen molar-refractivity contribution in [1.29, 1.82) is 0 Å². The zero-order chi connectivity index (χ0) is 16.4. The lowest BCUT2D eigenvalue weighted by Crippen LogP contribution is -2.29. The van der Waals surface area contributed by atoms with E-state index in [2.05, 4.69) is 15.8 Å². The maximum Gasteiger partial charge on any atom is 0.339 e. The lowest BCUT2D eigenvalue weighted by atomic mass is 9.99. The number of carbonyl (C=O) groups excluding carboxylic acids is 2. The molecule has 0 radical (unpaired) electrons. The van der Waals surface area contributed by atoms with Gasteiger partial charge in [0.05, 0.1) is 12.5 Å². The van der Waals surface area contributed by atoms with Crippen molar-refractivity contribution in [3.8, 4) is 0 Å². The van der Waals surface area contributed by atoms with Crippen molar-refractivity contribution in [2.45, 2.75) is 33.6 Å². The van der Waals surface area contributed by atoms with Crippen LogP contribution in [0.25, 0.3) is 0 Å². The van der Waals surface area contributed by atoms with Crippen LogP contribution in [-0.4, -0.2) is 24.3 Å². The minimum Gasteiger partial charge on any atom is -0.465 e. The van der Waals surface area contributed by atoms with Gasteiger partial charge in [0.15, 0.2) is 0 Å². The molecular formula is C16H23N3O3. The molecular weight excluding hydrogens is 282 g/mol. The molecule has 0 aromatic heterocycles. The monoisotopic (exact) mass is 305 g/mol. The van der Waals surface area contributed by atoms with E-state index < -0.39 is 11.9 Å². The zero-order valence-electron chi connectivity index (χ0n) is 13.3. The van der Waals surface area contributed by atoms with Gasteiger partial charge in [-0.3, -0.25) is 4.79 Å². The first-order valence-electron chi connectivity index (χ1n) is 7.41. The number of rotatable bonds is 7. The first-order valence-corrected chi connectivity index (χ1v) is 7.41. The van der Waals surface area contributed by atoms with Crippen molar-refractivity contribution in [3.63, 3.8) is 0 Å². The third-order valence-corrected chi connectivity index (χ3v) is 3.02. The van der Waals surface area contributed by atoms with Crippen LogP contribution in [0.4, 0.5) is 10.5 Å². The van der Waals surface area contributed by atoms with Gasteiger partial charge in [-0.2, -0.15) is 5.10 Å². The molecule has 0 fully saturated rings. The molecule has 0 spiro atoms. The van der Waals surface area contributed by atoms with Gasteiger partial charge in [0.1, 0.15) is 0 Å². The molecule has 1 rings (SSSR count). The van der Waals surface area contributed by atoms with E-state index in [1.807, 2.05) is 25.1 Å². The number of ether oxygens (including phenoxy) is 1. The number of urea groups is 1. The molecule has 22 heavy (non-hydrogen) atoms. The highest BCUT2D eigenvalue weighted by Gasteiger charge is 2.22. The van der Waals surface area contributed by atoms with E-state index in [0.29, 0.717) is 24.4 Å². The van der Waals surface area contributed by atoms with Gasteiger partial charge in [0, 0.05) is 11.4 Å². The van der Waals surface area contributed by atoms with Gasteiger partial charge in [0.2, 0.25) is 0 Å². The van der Waals surface area contributed by atoms with Gasteiger partial charge < -0.3 is 10.1 Å². The quantitative estimate of drug-likeness (QED) is 0.461. The minimum absolute atomic E-state index is 0.309. The highest BCUT2D eigenvalue weighted by atomic mass is 16.5. The fraction of sp³-hybridized carbons (Fsp3) is 0.438. The van der Waals surface area contributed by atoms with Crippen LogP contribution in [0.15, 0.2) is 35.4 Å². The number of carbonyl (C=O) groups is 2. The summed E-state index contributed by atoms with van der Waals surface area (Å²) in [4.78, 5) is 23.6. The maximum absolute atomic E-state index is 11.9. The van der Waals surface area contributed by atoms with E-state index in [0.717, 1.165) is 6.42 Å². The van der Waals surface area contributed by atoms with Crippen LogP contribution in [0.5, 0.6) is 0 Å². The molecule has 1 aromatic rings. The topological polar surface area (TPSA) is 79.8 Å². The number of nitrogens with zero attached hydrogens (tertiary/aromatic N) is 1. The Morgan fingerprint density at radius 2 is 1.91 bits per heavy atom. The van der Waals surface area contributed by atoms with E-state index in [1.165, 1.54) is 0 Å². The normalized spacial score (nSPS) is 12.4. The Kier molecular flexibility index (Phi) is 7.67. The van der Waals surface area contributed by atoms with E-state index in [-0.39, 0.29) is 5.97 Å². The number of para-hydroxylation sites is 1. The summed E-state index contributed by atoms with van der Waals surface area (Å²) in [5, 5.41) is 6.65. The molecule has 1 aromatic carbocycles. The van der Waals surface area contributed by atoms with E-state index in [4.69, 9.17) is 4.74 Å². The molecule has 0 aliphatic heterocycles. The van der Waals surface area contributed by atoms with Gasteiger partial charge in [-0.05, 0) is 32.4 Å². The Balaban J connectivity index is 2.61. The fourth-order valence-electron chi connectivity index (χ4n) is 1.93. The number of amides is 2. The summed E-state index contributed by atoms with van der Waals surface area (Å²) in [6.07, 6.45) is 1.46. The van der Waals surface area contributed by atoms with Gasteiger partial charge >= 0.3 is 12.0 Å². The number of hydrogen-bond donors (Lipinski definition) is 2. The molecule has 0 saturated carbocycles. The molecule has 120 valence electrons. The summed E-state index contributed by atoms with van der Waals surface area (Å²) < 4.78 is 5.03. The van der Waals surface area contributed by atoms with Crippen molar-refractivity contribution in [2.75, 3.05) is 11.9 Å². The summed E-state index contributed by atoms with van der Waals surface area (Å²) in [6.45, 7) is 5.78. The van der Waals surface area contributed by atoms with Crippen molar-refractivity contribution < 1.29 is 14.3 Å². The predicted octanol–water partition coefficient (Wildman–Crippen LogP) is 3.16. The van der Waals surface area contributed by atoms with E-state index >= 15 is 0 Å². The smallest absolute Gasteiger partial charge is 0.339 e. The second-order valence-corrected chi connectivity index (χ2v) is 4.78. The Labute approximate surface area is 130 Å². The number of hydrazone groups is 1. The Morgan fingerprint density at radius 1 is 1.23 bits per heavy atom. The third-order valence-electron chi connectivity index (χ3n) is 3.02. The lowest BCUT2D eigenvalue weighted by Gasteiger charge is -2.14. The Bertz CT molecular complexity index is 515. The Hall–Kier alpha value is -2.37. The predicted molar refractivity (Wildman–Crippen MR) is 86.7 cm³/mol. The maximum atomic E-state index is 11.9. The first kappa shape index (κ1) is 17.7. The first-order chi connectivity index (χ1) is 10.6. The van der Waals surface area contributed by atoms with Gasteiger partial charge in [-0.15, -0.1) is 0 Å². The molecule has 1 unspecified atom stereocenters. The van der Waals surface area contributed by atoms with Gasteiger partial charge in [-0.25, -0.2) is 10.2 Å². The molecule has 0 bridgehead atoms. The highest BCUT2D eigenvalue weighted by Crippen LogP contribution is 2.11. The van der Waals surface area contributed by atoms with Crippen molar-refractivity contribution in [3.05, 3.63) is 30.3 Å². The lowest BCUT2D eigenvalue weighted by molar-refractivity contribution is -0.145. The van der Waals surface area contributed by atoms with Crippen LogP contribution in [0.1, 0.15) is 33.6 Å². The van der Waals surface area contributed by atoms with Crippen molar-refractivity contribution in [1.82, 2.24) is 5.43 Å². The molecule has 6 heteroatoms. The summed E-state index contributed by atoms with van der Waals surface area (Å²) >= 11 is 0. The second kappa shape index (κ2) is 9.55. The van der Waals surface area contributed by atoms with Crippen LogP contribution in [0.2, 0.25) is 0 Å². The largest absolute Gasteiger partial charge is 0.465 e. The molecule has 0 aliphatic rings. The minimum atomic E-state index is -0.454. The zero-order valence-corrected chi connectivity index (χ0v) is 13.3. The standard InChI is InChI=1S/C16H23N3O3/c1-4-9-14(15(20)22-5-2)12(3)18-19-16(21)17-13-10-7-6-8-11-13/h6-8,10-11,14H,4-5,9H2,1-3H3,(H2,17,19,21). The van der Waals surface area contributed by atoms with E-state index in [9.17, 15) is 9.59 Å². The molecule has 2 amide bonds. The summed E-state index contributed by atoms with van der Waals surface area (Å²) in [7, 11) is 0. The second-order valence-electron chi connectivity index (χ2n) is 4.78. The molecule has 2 N–H and O–H groups in total. The SMILES string of the molecule is CCCC(C(=O)OCC)C(C)=NNC(=O)Nc1ccccc1. The number of nitrogens with one attached hydrogen (secondary N) is 2. The molecule has 1 atom stereocenters. The third kappa shape index (κ3) is 5.95. The molecule has 0 aliphatic carbocycles. The average molecular weight is 305 g/mol. The number of esters is 1. The van der Waals surface area contributed by atoms with E-state index in [1.54, 1.807) is 26.0 Å². The van der Waals surface area contributed by atoms with Crippen LogP contribution in [0.3, 0.4) is 0 Å². The fourth-order valence-corrected chi connectivity index (χ4v) is 1.93. The van der Waals surface area contributed by atoms with Gasteiger partial charge in [-0.1, -0.05) is 31.5 Å². The van der Waals surface area contributed by atoms with Crippen LogP contribution >= 0.6 is 0 Å². The molecule has 6 nitrogen and oxygen atoms in total. The van der Waals surface area contributed by atoms with Crippen LogP contribution < -0.4 is 10.7 Å². The summed E-state index contributed by atoms with van der Waals surface area (Å²) in [6, 6.07) is 8.60.